The third-order valence-corrected chi connectivity index (χ3v) is 5.56. The van der Waals surface area contributed by atoms with E-state index in [1.807, 2.05) is 25.1 Å². The van der Waals surface area contributed by atoms with Gasteiger partial charge < -0.3 is 9.51 Å². The molecule has 0 amide bonds. The number of nitrogens with one attached hydrogen (secondary N) is 1. The molecule has 0 atom stereocenters. The summed E-state index contributed by atoms with van der Waals surface area (Å²) >= 11 is 1.65. The minimum atomic E-state index is 0.614. The molecule has 5 rings (SSSR count). The smallest absolute Gasteiger partial charge is 0.227 e. The summed E-state index contributed by atoms with van der Waals surface area (Å²) in [5.74, 6) is 1.26. The first kappa shape index (κ1) is 16.9. The Morgan fingerprint density at radius 3 is 2.79 bits per heavy atom. The van der Waals surface area contributed by atoms with E-state index in [1.165, 1.54) is 10.9 Å². The van der Waals surface area contributed by atoms with Crippen molar-refractivity contribution in [3.05, 3.63) is 76.6 Å². The van der Waals surface area contributed by atoms with Gasteiger partial charge in [0.2, 0.25) is 11.7 Å². The van der Waals surface area contributed by atoms with E-state index in [9.17, 15) is 0 Å². The second-order valence-electron chi connectivity index (χ2n) is 6.70. The summed E-state index contributed by atoms with van der Waals surface area (Å²) < 4.78 is 5.49. The van der Waals surface area contributed by atoms with Gasteiger partial charge in [-0.15, -0.1) is 11.3 Å². The lowest BCUT2D eigenvalue weighted by atomic mass is 10.1. The van der Waals surface area contributed by atoms with Gasteiger partial charge in [0.25, 0.3) is 0 Å². The van der Waals surface area contributed by atoms with Gasteiger partial charge in [-0.05, 0) is 31.0 Å². The predicted octanol–water partition coefficient (Wildman–Crippen LogP) is 5.44. The molecular formula is C22H18N4OS. The van der Waals surface area contributed by atoms with Crippen molar-refractivity contribution in [2.24, 2.45) is 0 Å². The summed E-state index contributed by atoms with van der Waals surface area (Å²) in [7, 11) is 0. The Morgan fingerprint density at radius 1 is 1.00 bits per heavy atom. The molecule has 0 aliphatic rings. The molecule has 0 saturated heterocycles. The number of aromatic nitrogens is 4. The van der Waals surface area contributed by atoms with Gasteiger partial charge in [-0.1, -0.05) is 41.6 Å². The minimum absolute atomic E-state index is 0.614. The molecule has 0 fully saturated rings. The summed E-state index contributed by atoms with van der Waals surface area (Å²) in [4.78, 5) is 12.5. The normalized spacial score (nSPS) is 11.3. The largest absolute Gasteiger partial charge is 0.361 e. The van der Waals surface area contributed by atoms with E-state index in [0.29, 0.717) is 18.1 Å². The van der Waals surface area contributed by atoms with Gasteiger partial charge in [-0.3, -0.25) is 0 Å². The van der Waals surface area contributed by atoms with Gasteiger partial charge in [0.1, 0.15) is 0 Å². The number of hydrogen-bond donors (Lipinski definition) is 1. The van der Waals surface area contributed by atoms with Crippen molar-refractivity contribution in [1.82, 2.24) is 20.1 Å². The van der Waals surface area contributed by atoms with Crippen molar-refractivity contribution in [2.45, 2.75) is 19.8 Å². The average Bonchev–Trinajstić information content (AvgIpc) is 3.46. The van der Waals surface area contributed by atoms with Gasteiger partial charge >= 0.3 is 0 Å². The van der Waals surface area contributed by atoms with Crippen molar-refractivity contribution in [3.63, 3.8) is 0 Å². The molecule has 0 aliphatic heterocycles. The molecule has 3 heterocycles. The molecule has 0 spiro atoms. The van der Waals surface area contributed by atoms with Crippen LogP contribution in [0.3, 0.4) is 0 Å². The van der Waals surface area contributed by atoms with Crippen molar-refractivity contribution in [2.75, 3.05) is 0 Å². The first-order valence-corrected chi connectivity index (χ1v) is 10.0. The molecule has 0 saturated carbocycles. The summed E-state index contributed by atoms with van der Waals surface area (Å²) in [6.45, 7) is 2.01. The van der Waals surface area contributed by atoms with Crippen LogP contribution >= 0.6 is 11.3 Å². The number of fused-ring (bicyclic) bond motifs is 1. The maximum absolute atomic E-state index is 5.49. The third-order valence-electron chi connectivity index (χ3n) is 4.79. The van der Waals surface area contributed by atoms with Crippen LogP contribution in [-0.4, -0.2) is 20.1 Å². The van der Waals surface area contributed by atoms with Gasteiger partial charge in [-0.2, -0.15) is 4.98 Å². The molecule has 138 valence electrons. The Morgan fingerprint density at radius 2 is 1.89 bits per heavy atom. The zero-order valence-electron chi connectivity index (χ0n) is 15.3. The lowest BCUT2D eigenvalue weighted by molar-refractivity contribution is 0.379. The molecule has 0 radical (unpaired) electrons. The number of aryl methyl sites for hydroxylation is 3. The van der Waals surface area contributed by atoms with E-state index in [2.05, 4.69) is 62.0 Å². The SMILES string of the molecule is Cc1nc(-c2cccc(-c3noc(CCc4c[nH]c5ccccc45)n3)c2)cs1. The molecule has 0 aliphatic carbocycles. The van der Waals surface area contributed by atoms with E-state index >= 15 is 0 Å². The Balaban J connectivity index is 1.35. The maximum atomic E-state index is 5.49. The highest BCUT2D eigenvalue weighted by Crippen LogP contribution is 2.26. The number of para-hydroxylation sites is 1. The lowest BCUT2D eigenvalue weighted by Crippen LogP contribution is -1.91. The quantitative estimate of drug-likeness (QED) is 0.437. The molecule has 5 nitrogen and oxygen atoms in total. The van der Waals surface area contributed by atoms with Crippen LogP contribution in [0.25, 0.3) is 33.5 Å². The van der Waals surface area contributed by atoms with E-state index < -0.39 is 0 Å². The molecule has 2 aromatic carbocycles. The Bertz CT molecular complexity index is 1250. The summed E-state index contributed by atoms with van der Waals surface area (Å²) in [6, 6.07) is 16.4. The number of hydrogen-bond acceptors (Lipinski definition) is 5. The first-order valence-electron chi connectivity index (χ1n) is 9.17. The van der Waals surface area contributed by atoms with Crippen LogP contribution in [0.1, 0.15) is 16.5 Å². The van der Waals surface area contributed by atoms with Gasteiger partial charge in [0.15, 0.2) is 0 Å². The number of aromatic amines is 1. The molecule has 0 bridgehead atoms. The maximum Gasteiger partial charge on any atom is 0.227 e. The average molecular weight is 386 g/mol. The molecule has 28 heavy (non-hydrogen) atoms. The van der Waals surface area contributed by atoms with Crippen LogP contribution in [0.15, 0.2) is 64.6 Å². The van der Waals surface area contributed by atoms with Crippen LogP contribution in [0.5, 0.6) is 0 Å². The van der Waals surface area contributed by atoms with Crippen molar-refractivity contribution in [3.8, 4) is 22.6 Å². The zero-order chi connectivity index (χ0) is 18.9. The van der Waals surface area contributed by atoms with E-state index in [-0.39, 0.29) is 0 Å². The minimum Gasteiger partial charge on any atom is -0.361 e. The number of nitrogens with zero attached hydrogens (tertiary/aromatic N) is 3. The third kappa shape index (κ3) is 3.23. The van der Waals surface area contributed by atoms with Crippen molar-refractivity contribution >= 4 is 22.2 Å². The number of rotatable bonds is 5. The highest BCUT2D eigenvalue weighted by molar-refractivity contribution is 7.09. The van der Waals surface area contributed by atoms with Crippen LogP contribution in [0.2, 0.25) is 0 Å². The Hall–Kier alpha value is -3.25. The summed E-state index contributed by atoms with van der Waals surface area (Å²) in [6.07, 6.45) is 3.62. The van der Waals surface area contributed by atoms with E-state index in [0.717, 1.165) is 33.8 Å². The standard InChI is InChI=1S/C22H18N4OS/c1-14-24-20(13-28-14)15-5-4-6-16(11-15)22-25-21(27-26-22)10-9-17-12-23-19-8-3-2-7-18(17)19/h2-8,11-13,23H,9-10H2,1H3. The fourth-order valence-electron chi connectivity index (χ4n) is 3.37. The fraction of sp³-hybridized carbons (Fsp3) is 0.136. The molecule has 5 aromatic rings. The Kier molecular flexibility index (Phi) is 4.25. The number of benzene rings is 2. The first-order chi connectivity index (χ1) is 13.8. The Labute approximate surface area is 166 Å². The molecular weight excluding hydrogens is 368 g/mol. The van der Waals surface area contributed by atoms with Gasteiger partial charge in [0.05, 0.1) is 10.7 Å². The highest BCUT2D eigenvalue weighted by atomic mass is 32.1. The van der Waals surface area contributed by atoms with Gasteiger partial charge in [-0.25, -0.2) is 4.98 Å². The summed E-state index contributed by atoms with van der Waals surface area (Å²) in [5, 5.41) is 8.54. The van der Waals surface area contributed by atoms with Crippen LogP contribution in [0, 0.1) is 6.92 Å². The highest BCUT2D eigenvalue weighted by Gasteiger charge is 2.12. The molecule has 3 aromatic heterocycles. The van der Waals surface area contributed by atoms with Crippen LogP contribution in [0.4, 0.5) is 0 Å². The van der Waals surface area contributed by atoms with Crippen molar-refractivity contribution in [1.29, 1.82) is 0 Å². The van der Waals surface area contributed by atoms with Crippen LogP contribution < -0.4 is 0 Å². The summed E-state index contributed by atoms with van der Waals surface area (Å²) in [5.41, 5.74) is 5.39. The van der Waals surface area contributed by atoms with Crippen LogP contribution in [-0.2, 0) is 12.8 Å². The molecule has 0 unspecified atom stereocenters. The predicted molar refractivity (Wildman–Crippen MR) is 111 cm³/mol. The molecule has 6 heteroatoms. The second-order valence-corrected chi connectivity index (χ2v) is 7.77. The van der Waals surface area contributed by atoms with E-state index in [1.54, 1.807) is 11.3 Å². The molecule has 1 N–H and O–H groups in total. The monoisotopic (exact) mass is 386 g/mol. The zero-order valence-corrected chi connectivity index (χ0v) is 16.2. The topological polar surface area (TPSA) is 67.6 Å². The van der Waals surface area contributed by atoms with E-state index in [4.69, 9.17) is 4.52 Å². The lowest BCUT2D eigenvalue weighted by Gasteiger charge is -1.99. The van der Waals surface area contributed by atoms with Crippen molar-refractivity contribution < 1.29 is 4.52 Å². The fourth-order valence-corrected chi connectivity index (χ4v) is 3.99. The second kappa shape index (κ2) is 7.05. The van der Waals surface area contributed by atoms with Gasteiger partial charge in [0, 0.05) is 40.0 Å². The number of thiazole rings is 1. The number of H-pyrrole nitrogens is 1.